The number of hydrogen-bond donors (Lipinski definition) is 0. The number of non-ortho nitro benzene ring substituents is 1. The number of nitro groups is 1. The maximum absolute atomic E-state index is 13.4. The molecule has 0 aromatic heterocycles. The fraction of sp³-hybridized carbons (Fsp3) is 0.375. The van der Waals surface area contributed by atoms with E-state index in [0.29, 0.717) is 6.07 Å². The van der Waals surface area contributed by atoms with Crippen LogP contribution in [0.15, 0.2) is 24.0 Å². The number of ketones is 1. The molecule has 0 heterocycles. The van der Waals surface area contributed by atoms with Gasteiger partial charge in [-0.1, -0.05) is 13.8 Å². The molecule has 1 aromatic rings. The van der Waals surface area contributed by atoms with Gasteiger partial charge in [0.2, 0.25) is 0 Å². The van der Waals surface area contributed by atoms with Crippen LogP contribution in [0.25, 0.3) is 5.57 Å². The first kappa shape index (κ1) is 19.9. The van der Waals surface area contributed by atoms with Gasteiger partial charge in [-0.15, -0.1) is 0 Å². The molecule has 2 rings (SSSR count). The van der Waals surface area contributed by atoms with Crippen LogP contribution in [0.4, 0.5) is 23.7 Å². The first-order valence-corrected chi connectivity index (χ1v) is 7.82. The molecule has 0 amide bonds. The lowest BCUT2D eigenvalue weighted by Gasteiger charge is -2.29. The van der Waals surface area contributed by atoms with Crippen molar-refractivity contribution in [1.82, 2.24) is 0 Å². The first-order valence-electron chi connectivity index (χ1n) is 7.44. The van der Waals surface area contributed by atoms with Crippen molar-refractivity contribution in [3.63, 3.8) is 0 Å². The third-order valence-corrected chi connectivity index (χ3v) is 4.37. The number of alkyl halides is 3. The minimum absolute atomic E-state index is 0.0228. The Bertz CT molecular complexity index is 819. The van der Waals surface area contributed by atoms with Crippen LogP contribution in [-0.4, -0.2) is 16.1 Å². The molecule has 0 saturated carbocycles. The number of halogens is 4. The zero-order valence-electron chi connectivity index (χ0n) is 13.6. The van der Waals surface area contributed by atoms with E-state index in [9.17, 15) is 32.9 Å². The Morgan fingerprint density at radius 2 is 1.96 bits per heavy atom. The summed E-state index contributed by atoms with van der Waals surface area (Å²) in [7, 11) is 0. The summed E-state index contributed by atoms with van der Waals surface area (Å²) in [6.07, 6.45) is -4.94. The number of carbonyl (C=O) groups is 2. The zero-order chi connectivity index (χ0) is 19.8. The molecular formula is C16H13ClF3NO5. The maximum Gasteiger partial charge on any atom is 0.417 e. The Hall–Kier alpha value is -2.42. The van der Waals surface area contributed by atoms with E-state index in [1.165, 1.54) is 0 Å². The van der Waals surface area contributed by atoms with Crippen molar-refractivity contribution in [2.45, 2.75) is 26.4 Å². The maximum atomic E-state index is 13.4. The molecule has 0 N–H and O–H groups in total. The van der Waals surface area contributed by atoms with Crippen LogP contribution in [0.5, 0.6) is 0 Å². The lowest BCUT2D eigenvalue weighted by atomic mass is 9.77. The molecule has 0 radical (unpaired) electrons. The van der Waals surface area contributed by atoms with Crippen LogP contribution >= 0.6 is 11.6 Å². The summed E-state index contributed by atoms with van der Waals surface area (Å²) < 4.78 is 45.1. The zero-order valence-corrected chi connectivity index (χ0v) is 14.4. The topological polar surface area (TPSA) is 86.5 Å². The highest BCUT2D eigenvalue weighted by atomic mass is 35.5. The molecule has 1 aliphatic rings. The summed E-state index contributed by atoms with van der Waals surface area (Å²) in [5.41, 5.74) is -4.45. The predicted molar refractivity (Wildman–Crippen MR) is 85.3 cm³/mol. The molecule has 1 aromatic carbocycles. The van der Waals surface area contributed by atoms with E-state index in [2.05, 4.69) is 0 Å². The van der Waals surface area contributed by atoms with Crippen LogP contribution in [0.1, 0.15) is 31.4 Å². The molecule has 140 valence electrons. The third-order valence-electron chi connectivity index (χ3n) is 4.29. The standard InChI is InChI=1S/C16H13ClF3NO5/c1-7-5-12(26-15(17)23)13(14(22)8(7)2)10-4-3-9(21(24)25)6-11(10)16(18,19)20/h3-4,6-8H,5H2,1-2H3. The average Bonchev–Trinajstić information content (AvgIpc) is 2.51. The van der Waals surface area contributed by atoms with Crippen LogP contribution in [0, 0.1) is 22.0 Å². The van der Waals surface area contributed by atoms with Crippen molar-refractivity contribution in [1.29, 1.82) is 0 Å². The highest BCUT2D eigenvalue weighted by Gasteiger charge is 2.41. The number of hydrogen-bond acceptors (Lipinski definition) is 5. The number of Topliss-reactive ketones (excluding diaryl/α,β-unsaturated/α-hetero) is 1. The predicted octanol–water partition coefficient (Wildman–Crippen LogP) is 4.95. The van der Waals surface area contributed by atoms with Crippen molar-refractivity contribution in [2.24, 2.45) is 11.8 Å². The van der Waals surface area contributed by atoms with Crippen LogP contribution in [-0.2, 0) is 15.7 Å². The van der Waals surface area contributed by atoms with Crippen molar-refractivity contribution in [2.75, 3.05) is 0 Å². The molecule has 0 aliphatic heterocycles. The van der Waals surface area contributed by atoms with Gasteiger partial charge in [0, 0.05) is 41.6 Å². The minimum atomic E-state index is -4.96. The second-order valence-electron chi connectivity index (χ2n) is 5.96. The summed E-state index contributed by atoms with van der Waals surface area (Å²) in [5.74, 6) is -1.85. The Morgan fingerprint density at radius 1 is 1.35 bits per heavy atom. The van der Waals surface area contributed by atoms with E-state index in [4.69, 9.17) is 16.3 Å². The van der Waals surface area contributed by atoms with Crippen molar-refractivity contribution < 1.29 is 32.4 Å². The lowest BCUT2D eigenvalue weighted by molar-refractivity contribution is -0.385. The van der Waals surface area contributed by atoms with Gasteiger partial charge >= 0.3 is 11.6 Å². The number of nitro benzene ring substituents is 1. The summed E-state index contributed by atoms with van der Waals surface area (Å²) in [6, 6.07) is 2.03. The molecule has 2 atom stereocenters. The molecule has 0 spiro atoms. The second-order valence-corrected chi connectivity index (χ2v) is 6.27. The summed E-state index contributed by atoms with van der Waals surface area (Å²) >= 11 is 5.17. The van der Waals surface area contributed by atoms with Gasteiger partial charge in [-0.2, -0.15) is 13.2 Å². The number of ether oxygens (including phenoxy) is 1. The van der Waals surface area contributed by atoms with E-state index in [1.54, 1.807) is 13.8 Å². The van der Waals surface area contributed by atoms with E-state index < -0.39 is 50.6 Å². The Kier molecular flexibility index (Phi) is 5.41. The highest BCUT2D eigenvalue weighted by Crippen LogP contribution is 2.43. The molecular weight excluding hydrogens is 379 g/mol. The van der Waals surface area contributed by atoms with Gasteiger partial charge in [0.25, 0.3) is 5.69 Å². The largest absolute Gasteiger partial charge is 0.418 e. The van der Waals surface area contributed by atoms with Gasteiger partial charge in [-0.05, 0) is 12.0 Å². The SMILES string of the molecule is CC1CC(OC(=O)Cl)=C(c2ccc([N+](=O)[O-])cc2C(F)(F)F)C(=O)C1C. The number of rotatable bonds is 3. The van der Waals surface area contributed by atoms with Crippen molar-refractivity contribution >= 4 is 34.1 Å². The van der Waals surface area contributed by atoms with Gasteiger partial charge in [0.15, 0.2) is 5.78 Å². The van der Waals surface area contributed by atoms with Crippen LogP contribution in [0.2, 0.25) is 0 Å². The van der Waals surface area contributed by atoms with E-state index >= 15 is 0 Å². The lowest BCUT2D eigenvalue weighted by Crippen LogP contribution is -2.28. The first-order chi connectivity index (χ1) is 11.9. The Labute approximate surface area is 150 Å². The molecule has 10 heteroatoms. The average molecular weight is 392 g/mol. The van der Waals surface area contributed by atoms with Crippen molar-refractivity contribution in [3.05, 3.63) is 45.2 Å². The fourth-order valence-electron chi connectivity index (χ4n) is 2.77. The molecule has 1 aliphatic carbocycles. The van der Waals surface area contributed by atoms with E-state index in [-0.39, 0.29) is 18.1 Å². The van der Waals surface area contributed by atoms with Gasteiger partial charge < -0.3 is 4.74 Å². The second kappa shape index (κ2) is 7.06. The summed E-state index contributed by atoms with van der Waals surface area (Å²) in [5, 5.41) is 10.8. The van der Waals surface area contributed by atoms with Crippen molar-refractivity contribution in [3.8, 4) is 0 Å². The summed E-state index contributed by atoms with van der Waals surface area (Å²) in [6.45, 7) is 3.23. The molecule has 0 fully saturated rings. The fourth-order valence-corrected chi connectivity index (χ4v) is 2.86. The number of allylic oxidation sites excluding steroid dienone is 2. The Morgan fingerprint density at radius 3 is 2.46 bits per heavy atom. The smallest absolute Gasteiger partial charge is 0.417 e. The van der Waals surface area contributed by atoms with Gasteiger partial charge in [0.05, 0.1) is 16.1 Å². The van der Waals surface area contributed by atoms with E-state index in [0.717, 1.165) is 12.1 Å². The Balaban J connectivity index is 2.78. The van der Waals surface area contributed by atoms with Gasteiger partial charge in [-0.25, -0.2) is 4.79 Å². The molecule has 0 bridgehead atoms. The summed E-state index contributed by atoms with van der Waals surface area (Å²) in [4.78, 5) is 33.6. The number of nitrogens with zero attached hydrogens (tertiary/aromatic N) is 1. The normalized spacial score (nSPS) is 20.9. The van der Waals surface area contributed by atoms with Crippen LogP contribution < -0.4 is 0 Å². The molecule has 26 heavy (non-hydrogen) atoms. The molecule has 6 nitrogen and oxygen atoms in total. The quantitative estimate of drug-likeness (QED) is 0.413. The molecule has 2 unspecified atom stereocenters. The third kappa shape index (κ3) is 3.87. The monoisotopic (exact) mass is 391 g/mol. The highest BCUT2D eigenvalue weighted by molar-refractivity contribution is 6.61. The minimum Gasteiger partial charge on any atom is -0.418 e. The van der Waals surface area contributed by atoms with Crippen LogP contribution in [0.3, 0.4) is 0 Å². The van der Waals surface area contributed by atoms with Gasteiger partial charge in [-0.3, -0.25) is 14.9 Å². The number of benzene rings is 1. The molecule has 0 saturated heterocycles. The van der Waals surface area contributed by atoms with E-state index in [1.807, 2.05) is 0 Å². The van der Waals surface area contributed by atoms with Gasteiger partial charge in [0.1, 0.15) is 5.76 Å². The number of carbonyl (C=O) groups excluding carboxylic acids is 2.